The lowest BCUT2D eigenvalue weighted by Gasteiger charge is -2.40. The number of ether oxygens (including phenoxy) is 2. The molecule has 0 saturated heterocycles. The van der Waals surface area contributed by atoms with E-state index >= 15 is 0 Å². The number of methoxy groups -OCH3 is 2. The van der Waals surface area contributed by atoms with Crippen molar-refractivity contribution in [3.8, 4) is 11.5 Å². The van der Waals surface area contributed by atoms with Crippen molar-refractivity contribution >= 4 is 10.8 Å². The molecule has 4 heteroatoms. The fraction of sp³-hybridized carbons (Fsp3) is 0.385. The van der Waals surface area contributed by atoms with Crippen LogP contribution in [0.4, 0.5) is 0 Å². The molecule has 0 aliphatic carbocycles. The number of hydrogen-bond acceptors (Lipinski definition) is 4. The molecule has 1 aliphatic rings. The molecule has 0 bridgehead atoms. The van der Waals surface area contributed by atoms with Crippen molar-refractivity contribution in [2.24, 2.45) is 5.92 Å². The van der Waals surface area contributed by atoms with Gasteiger partial charge in [0.2, 0.25) is 0 Å². The molecule has 1 N–H and O–H groups in total. The summed E-state index contributed by atoms with van der Waals surface area (Å²) in [5.41, 5.74) is 4.97. The first-order chi connectivity index (χ1) is 14.5. The topological polar surface area (TPSA) is 41.9 Å². The van der Waals surface area contributed by atoms with Gasteiger partial charge in [-0.15, -0.1) is 0 Å². The highest BCUT2D eigenvalue weighted by molar-refractivity contribution is 5.83. The Labute approximate surface area is 179 Å². The zero-order valence-corrected chi connectivity index (χ0v) is 18.3. The van der Waals surface area contributed by atoms with Gasteiger partial charge in [-0.05, 0) is 69.6 Å². The van der Waals surface area contributed by atoms with E-state index in [9.17, 15) is 5.11 Å². The maximum atomic E-state index is 9.38. The minimum Gasteiger partial charge on any atom is -0.493 e. The Kier molecular flexibility index (Phi) is 5.98. The van der Waals surface area contributed by atoms with Gasteiger partial charge in [0.15, 0.2) is 11.5 Å². The maximum Gasteiger partial charge on any atom is 0.161 e. The van der Waals surface area contributed by atoms with Crippen LogP contribution in [0.25, 0.3) is 10.8 Å². The maximum absolute atomic E-state index is 9.38. The fourth-order valence-electron chi connectivity index (χ4n) is 4.76. The van der Waals surface area contributed by atoms with Gasteiger partial charge in [-0.1, -0.05) is 38.1 Å². The van der Waals surface area contributed by atoms with Crippen molar-refractivity contribution < 1.29 is 14.6 Å². The smallest absolute Gasteiger partial charge is 0.161 e. The van der Waals surface area contributed by atoms with Gasteiger partial charge in [-0.2, -0.15) is 0 Å². The van der Waals surface area contributed by atoms with Gasteiger partial charge in [0, 0.05) is 19.1 Å². The number of aliphatic hydroxyl groups is 1. The summed E-state index contributed by atoms with van der Waals surface area (Å²) in [6, 6.07) is 17.5. The molecule has 0 saturated carbocycles. The lowest BCUT2D eigenvalue weighted by atomic mass is 9.85. The van der Waals surface area contributed by atoms with E-state index in [-0.39, 0.29) is 6.61 Å². The van der Waals surface area contributed by atoms with Crippen LogP contribution in [0.5, 0.6) is 11.5 Å². The Hall–Kier alpha value is -2.56. The molecule has 0 amide bonds. The zero-order chi connectivity index (χ0) is 21.3. The third-order valence-corrected chi connectivity index (χ3v) is 6.19. The molecule has 1 unspecified atom stereocenters. The molecule has 0 radical (unpaired) electrons. The Morgan fingerprint density at radius 2 is 1.57 bits per heavy atom. The Bertz CT molecular complexity index is 1040. The number of nitrogens with zero attached hydrogens (tertiary/aromatic N) is 1. The van der Waals surface area contributed by atoms with Crippen molar-refractivity contribution in [2.75, 3.05) is 20.8 Å². The Morgan fingerprint density at radius 3 is 2.20 bits per heavy atom. The predicted octanol–water partition coefficient (Wildman–Crippen LogP) is 5.10. The monoisotopic (exact) mass is 405 g/mol. The first kappa shape index (κ1) is 20.7. The Morgan fingerprint density at radius 1 is 0.933 bits per heavy atom. The summed E-state index contributed by atoms with van der Waals surface area (Å²) >= 11 is 0. The van der Waals surface area contributed by atoms with Crippen molar-refractivity contribution in [1.82, 2.24) is 4.90 Å². The van der Waals surface area contributed by atoms with Crippen LogP contribution >= 0.6 is 0 Å². The average molecular weight is 406 g/mol. The first-order valence-corrected chi connectivity index (χ1v) is 10.6. The van der Waals surface area contributed by atoms with Crippen LogP contribution in [-0.4, -0.2) is 30.8 Å². The van der Waals surface area contributed by atoms with E-state index in [1.165, 1.54) is 27.5 Å². The highest BCUT2D eigenvalue weighted by Crippen LogP contribution is 2.41. The molecule has 3 aromatic carbocycles. The molecule has 4 nitrogen and oxygen atoms in total. The minimum atomic E-state index is 0.0786. The van der Waals surface area contributed by atoms with Crippen LogP contribution in [0.1, 0.15) is 42.1 Å². The summed E-state index contributed by atoms with van der Waals surface area (Å²) < 4.78 is 11.1. The van der Waals surface area contributed by atoms with Crippen LogP contribution in [0.2, 0.25) is 0 Å². The second kappa shape index (κ2) is 8.66. The van der Waals surface area contributed by atoms with Crippen LogP contribution in [0.3, 0.4) is 0 Å². The van der Waals surface area contributed by atoms with Gasteiger partial charge < -0.3 is 14.6 Å². The molecule has 0 aromatic heterocycles. The summed E-state index contributed by atoms with van der Waals surface area (Å²) in [7, 11) is 3.40. The standard InChI is InChI=1S/C26H31NO3/c1-17(2)26-23-14-25(30-4)24(29-3)13-22(23)9-10-27(26)15-18-5-7-21-12-19(16-28)6-8-20(21)11-18/h5-8,11-14,17,26,28H,9-10,15-16H2,1-4H3. The summed E-state index contributed by atoms with van der Waals surface area (Å²) in [6.07, 6.45) is 1.01. The molecule has 1 heterocycles. The lowest BCUT2D eigenvalue weighted by Crippen LogP contribution is -2.37. The molecular weight excluding hydrogens is 374 g/mol. The van der Waals surface area contributed by atoms with Gasteiger partial charge in [0.1, 0.15) is 0 Å². The number of aliphatic hydroxyl groups excluding tert-OH is 1. The van der Waals surface area contributed by atoms with Crippen molar-refractivity contribution in [2.45, 2.75) is 39.5 Å². The van der Waals surface area contributed by atoms with E-state index in [0.717, 1.165) is 36.6 Å². The Balaban J connectivity index is 1.65. The van der Waals surface area contributed by atoms with Gasteiger partial charge in [0.25, 0.3) is 0 Å². The number of benzene rings is 3. The third kappa shape index (κ3) is 3.90. The zero-order valence-electron chi connectivity index (χ0n) is 18.3. The first-order valence-electron chi connectivity index (χ1n) is 10.6. The van der Waals surface area contributed by atoms with Gasteiger partial charge >= 0.3 is 0 Å². The number of fused-ring (bicyclic) bond motifs is 2. The molecule has 0 spiro atoms. The van der Waals surface area contributed by atoms with Crippen LogP contribution in [-0.2, 0) is 19.6 Å². The van der Waals surface area contributed by atoms with Gasteiger partial charge in [-0.3, -0.25) is 4.90 Å². The van der Waals surface area contributed by atoms with Crippen LogP contribution < -0.4 is 9.47 Å². The molecule has 0 fully saturated rings. The molecule has 158 valence electrons. The summed E-state index contributed by atoms with van der Waals surface area (Å²) in [5.74, 6) is 2.09. The van der Waals surface area contributed by atoms with E-state index in [2.05, 4.69) is 61.2 Å². The van der Waals surface area contributed by atoms with E-state index in [4.69, 9.17) is 9.47 Å². The van der Waals surface area contributed by atoms with Gasteiger partial charge in [-0.25, -0.2) is 0 Å². The van der Waals surface area contributed by atoms with Crippen molar-refractivity contribution in [3.05, 3.63) is 70.8 Å². The van der Waals surface area contributed by atoms with Crippen LogP contribution in [0, 0.1) is 5.92 Å². The molecule has 1 aliphatic heterocycles. The van der Waals surface area contributed by atoms with E-state index < -0.39 is 0 Å². The SMILES string of the molecule is COc1cc2c(cc1OC)C(C(C)C)N(Cc1ccc3cc(CO)ccc3c1)CC2. The summed E-state index contributed by atoms with van der Waals surface area (Å²) in [6.45, 7) is 6.59. The average Bonchev–Trinajstić information content (AvgIpc) is 2.77. The molecule has 30 heavy (non-hydrogen) atoms. The van der Waals surface area contributed by atoms with Crippen LogP contribution in [0.15, 0.2) is 48.5 Å². The molecule has 1 atom stereocenters. The lowest BCUT2D eigenvalue weighted by molar-refractivity contribution is 0.135. The highest BCUT2D eigenvalue weighted by Gasteiger charge is 2.31. The van der Waals surface area contributed by atoms with Crippen molar-refractivity contribution in [1.29, 1.82) is 0 Å². The minimum absolute atomic E-state index is 0.0786. The van der Waals surface area contributed by atoms with Gasteiger partial charge in [0.05, 0.1) is 20.8 Å². The number of hydrogen-bond donors (Lipinski definition) is 1. The highest BCUT2D eigenvalue weighted by atomic mass is 16.5. The predicted molar refractivity (Wildman–Crippen MR) is 121 cm³/mol. The molecular formula is C26H31NO3. The number of rotatable bonds is 6. The van der Waals surface area contributed by atoms with E-state index in [1.807, 2.05) is 6.07 Å². The van der Waals surface area contributed by atoms with E-state index in [1.54, 1.807) is 14.2 Å². The quantitative estimate of drug-likeness (QED) is 0.619. The third-order valence-electron chi connectivity index (χ3n) is 6.19. The van der Waals surface area contributed by atoms with E-state index in [0.29, 0.717) is 12.0 Å². The largest absolute Gasteiger partial charge is 0.493 e. The molecule has 3 aromatic rings. The fourth-order valence-corrected chi connectivity index (χ4v) is 4.76. The second-order valence-corrected chi connectivity index (χ2v) is 8.49. The normalized spacial score (nSPS) is 16.7. The molecule has 4 rings (SSSR count). The van der Waals surface area contributed by atoms with Crippen molar-refractivity contribution in [3.63, 3.8) is 0 Å². The summed E-state index contributed by atoms with van der Waals surface area (Å²) in [5, 5.41) is 11.8. The second-order valence-electron chi connectivity index (χ2n) is 8.49. The summed E-state index contributed by atoms with van der Waals surface area (Å²) in [4.78, 5) is 2.59.